The van der Waals surface area contributed by atoms with E-state index < -0.39 is 0 Å². The van der Waals surface area contributed by atoms with E-state index in [1.54, 1.807) is 5.47 Å². The fourth-order valence-electron chi connectivity index (χ4n) is 4.23. The minimum atomic E-state index is 0.994. The van der Waals surface area contributed by atoms with Crippen LogP contribution in [0.25, 0.3) is 0 Å². The highest BCUT2D eigenvalue weighted by Crippen LogP contribution is 2.48. The molecule has 1 saturated carbocycles. The van der Waals surface area contributed by atoms with Gasteiger partial charge in [-0.1, -0.05) is 31.7 Å². The van der Waals surface area contributed by atoms with Crippen molar-refractivity contribution in [2.45, 2.75) is 58.2 Å². The summed E-state index contributed by atoms with van der Waals surface area (Å²) in [6.07, 6.45) is 11.6. The zero-order valence-corrected chi connectivity index (χ0v) is 9.97. The van der Waals surface area contributed by atoms with Crippen LogP contribution in [0.5, 0.6) is 0 Å². The Labute approximate surface area is 94.8 Å². The van der Waals surface area contributed by atoms with Crippen LogP contribution < -0.4 is 0 Å². The summed E-state index contributed by atoms with van der Waals surface area (Å²) in [6.45, 7) is 2.46. The van der Waals surface area contributed by atoms with Crippen molar-refractivity contribution >= 4 is 7.28 Å². The Morgan fingerprint density at radius 1 is 1.13 bits per heavy atom. The van der Waals surface area contributed by atoms with Gasteiger partial charge in [0.2, 0.25) is 0 Å². The Morgan fingerprint density at radius 3 is 2.93 bits per heavy atom. The molecule has 0 aromatic rings. The van der Waals surface area contributed by atoms with E-state index in [1.165, 1.54) is 51.3 Å². The summed E-state index contributed by atoms with van der Waals surface area (Å²) in [6, 6.07) is 0. The molecular formula is C14H22B. The molecule has 1 heterocycles. The Morgan fingerprint density at radius 2 is 2.00 bits per heavy atom. The summed E-state index contributed by atoms with van der Waals surface area (Å²) >= 11 is 0. The van der Waals surface area contributed by atoms with Gasteiger partial charge in [-0.15, -0.1) is 5.47 Å². The summed E-state index contributed by atoms with van der Waals surface area (Å²) in [5, 5.41) is 0. The van der Waals surface area contributed by atoms with E-state index in [4.69, 9.17) is 0 Å². The van der Waals surface area contributed by atoms with Crippen molar-refractivity contribution in [1.82, 2.24) is 0 Å². The highest BCUT2D eigenvalue weighted by atomic mass is 14.4. The van der Waals surface area contributed by atoms with Gasteiger partial charge in [-0.25, -0.2) is 0 Å². The summed E-state index contributed by atoms with van der Waals surface area (Å²) in [5.74, 6) is 3.03. The zero-order valence-electron chi connectivity index (χ0n) is 9.97. The standard InChI is InChI=1S/C14H22B/c1-10-8-11-6-7-15-14-5-3-2-4-12(14)13(11)9-10/h10-11,13H,2-9H2,1H3. The molecule has 0 saturated heterocycles. The lowest BCUT2D eigenvalue weighted by Gasteiger charge is -2.26. The monoisotopic (exact) mass is 201 g/mol. The molecule has 3 aliphatic rings. The number of rotatable bonds is 0. The van der Waals surface area contributed by atoms with E-state index in [0.29, 0.717) is 0 Å². The summed E-state index contributed by atoms with van der Waals surface area (Å²) in [4.78, 5) is 0. The van der Waals surface area contributed by atoms with Crippen molar-refractivity contribution in [2.24, 2.45) is 17.8 Å². The molecule has 1 aliphatic heterocycles. The maximum atomic E-state index is 2.58. The van der Waals surface area contributed by atoms with Gasteiger partial charge < -0.3 is 0 Å². The molecule has 15 heavy (non-hydrogen) atoms. The lowest BCUT2D eigenvalue weighted by atomic mass is 9.61. The van der Waals surface area contributed by atoms with Crippen LogP contribution in [0.15, 0.2) is 11.0 Å². The van der Waals surface area contributed by atoms with Crippen LogP contribution in [0.1, 0.15) is 51.9 Å². The predicted molar refractivity (Wildman–Crippen MR) is 66.1 cm³/mol. The average molecular weight is 201 g/mol. The second-order valence-electron chi connectivity index (χ2n) is 5.98. The second kappa shape index (κ2) is 3.99. The van der Waals surface area contributed by atoms with E-state index >= 15 is 0 Å². The Kier molecular flexibility index (Phi) is 2.66. The van der Waals surface area contributed by atoms with Crippen LogP contribution in [0.4, 0.5) is 0 Å². The van der Waals surface area contributed by atoms with Gasteiger partial charge in [0.05, 0.1) is 0 Å². The summed E-state index contributed by atoms with van der Waals surface area (Å²) < 4.78 is 0. The third-order valence-corrected chi connectivity index (χ3v) is 4.86. The van der Waals surface area contributed by atoms with Crippen molar-refractivity contribution in [3.05, 3.63) is 11.0 Å². The molecule has 0 bridgehead atoms. The molecule has 2 aliphatic carbocycles. The van der Waals surface area contributed by atoms with Crippen molar-refractivity contribution in [2.75, 3.05) is 0 Å². The Hall–Kier alpha value is -0.195. The van der Waals surface area contributed by atoms with Gasteiger partial charge in [0.25, 0.3) is 0 Å². The van der Waals surface area contributed by atoms with E-state index in [9.17, 15) is 0 Å². The first-order chi connectivity index (χ1) is 7.34. The van der Waals surface area contributed by atoms with Gasteiger partial charge in [-0.2, -0.15) is 0 Å². The van der Waals surface area contributed by atoms with E-state index in [-0.39, 0.29) is 0 Å². The number of hydrogen-bond acceptors (Lipinski definition) is 0. The minimum absolute atomic E-state index is 0.994. The number of fused-ring (bicyclic) bond motifs is 2. The van der Waals surface area contributed by atoms with Gasteiger partial charge in [-0.05, 0) is 49.9 Å². The zero-order chi connectivity index (χ0) is 10.3. The molecule has 0 spiro atoms. The van der Waals surface area contributed by atoms with E-state index in [2.05, 4.69) is 14.2 Å². The van der Waals surface area contributed by atoms with Gasteiger partial charge >= 0.3 is 0 Å². The average Bonchev–Trinajstić information content (AvgIpc) is 2.52. The SMILES string of the molecule is CC1CC2CC[B]C3=C(CCCC3)C2C1. The normalized spacial score (nSPS) is 40.5. The first-order valence-corrected chi connectivity index (χ1v) is 6.89. The largest absolute Gasteiger partial charge is 0.145 e. The lowest BCUT2D eigenvalue weighted by Crippen LogP contribution is -2.13. The van der Waals surface area contributed by atoms with Gasteiger partial charge in [0, 0.05) is 0 Å². The Bertz CT molecular complexity index is 279. The lowest BCUT2D eigenvalue weighted by molar-refractivity contribution is 0.411. The van der Waals surface area contributed by atoms with E-state index in [1.807, 2.05) is 5.57 Å². The van der Waals surface area contributed by atoms with Crippen LogP contribution in [-0.2, 0) is 0 Å². The van der Waals surface area contributed by atoms with Crippen LogP contribution in [0.3, 0.4) is 0 Å². The van der Waals surface area contributed by atoms with Crippen molar-refractivity contribution in [1.29, 1.82) is 0 Å². The fraction of sp³-hybridized carbons (Fsp3) is 0.857. The van der Waals surface area contributed by atoms with Gasteiger partial charge in [0.15, 0.2) is 0 Å². The minimum Gasteiger partial charge on any atom is -0.109 e. The van der Waals surface area contributed by atoms with E-state index in [0.717, 1.165) is 17.8 Å². The quantitative estimate of drug-likeness (QED) is 0.519. The first-order valence-electron chi connectivity index (χ1n) is 6.89. The number of hydrogen-bond donors (Lipinski definition) is 0. The summed E-state index contributed by atoms with van der Waals surface area (Å²) in [5.41, 5.74) is 3.68. The van der Waals surface area contributed by atoms with Crippen LogP contribution in [0.2, 0.25) is 6.32 Å². The Balaban J connectivity index is 1.90. The van der Waals surface area contributed by atoms with Crippen molar-refractivity contribution in [3.8, 4) is 0 Å². The van der Waals surface area contributed by atoms with Crippen LogP contribution in [0, 0.1) is 17.8 Å². The molecule has 1 radical (unpaired) electrons. The van der Waals surface area contributed by atoms with Crippen LogP contribution in [-0.4, -0.2) is 7.28 Å². The molecule has 0 aromatic heterocycles. The second-order valence-corrected chi connectivity index (χ2v) is 5.98. The molecule has 0 N–H and O–H groups in total. The molecule has 0 amide bonds. The molecule has 0 nitrogen and oxygen atoms in total. The topological polar surface area (TPSA) is 0 Å². The highest BCUT2D eigenvalue weighted by molar-refractivity contribution is 6.45. The number of allylic oxidation sites excluding steroid dienone is 2. The predicted octanol–water partition coefficient (Wildman–Crippen LogP) is 4.00. The van der Waals surface area contributed by atoms with Crippen molar-refractivity contribution in [3.63, 3.8) is 0 Å². The smallest absolute Gasteiger partial charge is 0.109 e. The third kappa shape index (κ3) is 1.79. The summed E-state index contributed by atoms with van der Waals surface area (Å²) in [7, 11) is 2.58. The van der Waals surface area contributed by atoms with Gasteiger partial charge in [-0.3, -0.25) is 0 Å². The first kappa shape index (κ1) is 9.99. The molecular weight excluding hydrogens is 179 g/mol. The van der Waals surface area contributed by atoms with Crippen molar-refractivity contribution < 1.29 is 0 Å². The molecule has 1 fully saturated rings. The molecule has 3 atom stereocenters. The molecule has 3 rings (SSSR count). The molecule has 3 unspecified atom stereocenters. The molecule has 0 aromatic carbocycles. The maximum absolute atomic E-state index is 2.58. The molecule has 1 heteroatoms. The van der Waals surface area contributed by atoms with Gasteiger partial charge in [0.1, 0.15) is 7.28 Å². The molecule has 81 valence electrons. The fourth-order valence-corrected chi connectivity index (χ4v) is 4.23. The highest BCUT2D eigenvalue weighted by Gasteiger charge is 2.36. The maximum Gasteiger partial charge on any atom is 0.145 e. The third-order valence-electron chi connectivity index (χ3n) is 4.86. The van der Waals surface area contributed by atoms with Crippen LogP contribution >= 0.6 is 0 Å².